The number of aromatic nitrogens is 1. The lowest BCUT2D eigenvalue weighted by molar-refractivity contribution is 0.0692. The van der Waals surface area contributed by atoms with E-state index in [1.807, 2.05) is 6.92 Å². The van der Waals surface area contributed by atoms with Crippen molar-refractivity contribution in [1.29, 1.82) is 0 Å². The normalized spacial score (nSPS) is 13.3. The van der Waals surface area contributed by atoms with Gasteiger partial charge >= 0.3 is 0 Å². The molecule has 2 heterocycles. The summed E-state index contributed by atoms with van der Waals surface area (Å²) in [7, 11) is 0. The highest BCUT2D eigenvalue weighted by molar-refractivity contribution is 5.99. The first kappa shape index (κ1) is 22.4. The zero-order valence-electron chi connectivity index (χ0n) is 16.9. The van der Waals surface area contributed by atoms with Crippen molar-refractivity contribution >= 4 is 11.8 Å². The Hall–Kier alpha value is -3.30. The number of hydrogen-bond acceptors (Lipinski definition) is 4. The van der Waals surface area contributed by atoms with E-state index in [9.17, 15) is 32.7 Å². The maximum atomic E-state index is 13.7. The fourth-order valence-electron chi connectivity index (χ4n) is 3.46. The minimum Gasteiger partial charge on any atom is -0.503 e. The fraction of sp³-hybridized carbons (Fsp3) is 0.381. The number of benzene rings is 1. The van der Waals surface area contributed by atoms with Gasteiger partial charge in [0.2, 0.25) is 5.43 Å². The van der Waals surface area contributed by atoms with Gasteiger partial charge in [-0.3, -0.25) is 14.4 Å². The molecule has 0 saturated heterocycles. The standard InChI is InChI=1S/C21H22F3N3O4/c1-2-3-4-5-26-6-7-27-11-14(18(28)19(29)17(27)21(26)31)20(30)25-10-13-15(23)8-12(22)9-16(13)24/h8-9,11,29H,2-7,10H2,1H3,(H,25,30). The van der Waals surface area contributed by atoms with Crippen LogP contribution in [0.25, 0.3) is 0 Å². The maximum absolute atomic E-state index is 13.7. The Balaban J connectivity index is 1.81. The summed E-state index contributed by atoms with van der Waals surface area (Å²) in [6.45, 7) is 2.51. The zero-order valence-corrected chi connectivity index (χ0v) is 16.9. The molecule has 2 aromatic rings. The summed E-state index contributed by atoms with van der Waals surface area (Å²) in [6, 6.07) is 0.949. The van der Waals surface area contributed by atoms with E-state index in [0.29, 0.717) is 25.2 Å². The molecule has 0 aliphatic carbocycles. The van der Waals surface area contributed by atoms with Gasteiger partial charge in [0.1, 0.15) is 23.0 Å². The van der Waals surface area contributed by atoms with Crippen LogP contribution in [0.1, 0.15) is 52.6 Å². The number of fused-ring (bicyclic) bond motifs is 1. The van der Waals surface area contributed by atoms with Crippen molar-refractivity contribution in [3.8, 4) is 5.75 Å². The quantitative estimate of drug-likeness (QED) is 0.652. The lowest BCUT2D eigenvalue weighted by Crippen LogP contribution is -2.43. The van der Waals surface area contributed by atoms with E-state index in [1.54, 1.807) is 4.90 Å². The monoisotopic (exact) mass is 437 g/mol. The lowest BCUT2D eigenvalue weighted by atomic mass is 10.1. The summed E-state index contributed by atoms with van der Waals surface area (Å²) in [5.74, 6) is -5.81. The van der Waals surface area contributed by atoms with E-state index in [2.05, 4.69) is 5.32 Å². The van der Waals surface area contributed by atoms with E-state index in [1.165, 1.54) is 4.57 Å². The van der Waals surface area contributed by atoms with Crippen molar-refractivity contribution < 1.29 is 27.9 Å². The van der Waals surface area contributed by atoms with Crippen molar-refractivity contribution in [3.05, 3.63) is 62.8 Å². The van der Waals surface area contributed by atoms with E-state index >= 15 is 0 Å². The molecule has 1 aromatic heterocycles. The molecule has 31 heavy (non-hydrogen) atoms. The highest BCUT2D eigenvalue weighted by Crippen LogP contribution is 2.21. The second kappa shape index (κ2) is 9.23. The molecule has 1 aliphatic rings. The molecular weight excluding hydrogens is 415 g/mol. The molecule has 1 aliphatic heterocycles. The van der Waals surface area contributed by atoms with Crippen LogP contribution in [0.4, 0.5) is 13.2 Å². The molecule has 0 bridgehead atoms. The average Bonchev–Trinajstić information content (AvgIpc) is 2.71. The molecule has 0 spiro atoms. The molecule has 3 rings (SSSR count). The van der Waals surface area contributed by atoms with Crippen molar-refractivity contribution in [1.82, 2.24) is 14.8 Å². The van der Waals surface area contributed by atoms with Crippen molar-refractivity contribution in [2.24, 2.45) is 0 Å². The van der Waals surface area contributed by atoms with Crippen LogP contribution in [0.2, 0.25) is 0 Å². The smallest absolute Gasteiger partial charge is 0.274 e. The Morgan fingerprint density at radius 2 is 1.81 bits per heavy atom. The van der Waals surface area contributed by atoms with E-state index in [4.69, 9.17) is 0 Å². The predicted molar refractivity (Wildman–Crippen MR) is 105 cm³/mol. The number of pyridine rings is 1. The fourth-order valence-corrected chi connectivity index (χ4v) is 3.46. The molecule has 0 fully saturated rings. The van der Waals surface area contributed by atoms with Gasteiger partial charge in [-0.1, -0.05) is 19.8 Å². The van der Waals surface area contributed by atoms with Gasteiger partial charge < -0.3 is 19.9 Å². The van der Waals surface area contributed by atoms with Gasteiger partial charge in [-0.2, -0.15) is 0 Å². The molecule has 0 unspecified atom stereocenters. The molecular formula is C21H22F3N3O4. The van der Waals surface area contributed by atoms with Gasteiger partial charge in [-0.15, -0.1) is 0 Å². The number of hydrogen-bond donors (Lipinski definition) is 2. The highest BCUT2D eigenvalue weighted by Gasteiger charge is 2.30. The predicted octanol–water partition coefficient (Wildman–Crippen LogP) is 2.55. The Bertz CT molecular complexity index is 1060. The number of carbonyl (C=O) groups is 2. The summed E-state index contributed by atoms with van der Waals surface area (Å²) in [6.07, 6.45) is 3.86. The average molecular weight is 437 g/mol. The number of amides is 2. The molecule has 10 heteroatoms. The number of unbranched alkanes of at least 4 members (excludes halogenated alkanes) is 2. The van der Waals surface area contributed by atoms with Crippen LogP contribution in [0, 0.1) is 17.5 Å². The number of rotatable bonds is 7. The summed E-state index contributed by atoms with van der Waals surface area (Å²) < 4.78 is 41.8. The van der Waals surface area contributed by atoms with Crippen LogP contribution in [-0.2, 0) is 13.1 Å². The van der Waals surface area contributed by atoms with Gasteiger partial charge in [0, 0.05) is 50.1 Å². The van der Waals surface area contributed by atoms with Gasteiger partial charge in [0.05, 0.1) is 0 Å². The van der Waals surface area contributed by atoms with Crippen LogP contribution in [0.15, 0.2) is 23.1 Å². The molecule has 0 radical (unpaired) electrons. The van der Waals surface area contributed by atoms with Crippen molar-refractivity contribution in [2.75, 3.05) is 13.1 Å². The van der Waals surface area contributed by atoms with Crippen molar-refractivity contribution in [3.63, 3.8) is 0 Å². The minimum atomic E-state index is -1.18. The van der Waals surface area contributed by atoms with E-state index in [0.717, 1.165) is 25.5 Å². The molecule has 0 atom stereocenters. The lowest BCUT2D eigenvalue weighted by Gasteiger charge is -2.30. The third kappa shape index (κ3) is 4.57. The van der Waals surface area contributed by atoms with E-state index in [-0.39, 0.29) is 12.2 Å². The third-order valence-corrected chi connectivity index (χ3v) is 5.16. The number of nitrogens with one attached hydrogen (secondary N) is 1. The van der Waals surface area contributed by atoms with Crippen LogP contribution >= 0.6 is 0 Å². The third-order valence-electron chi connectivity index (χ3n) is 5.16. The van der Waals surface area contributed by atoms with Crippen LogP contribution < -0.4 is 10.7 Å². The molecule has 166 valence electrons. The number of nitrogens with zero attached hydrogens (tertiary/aromatic N) is 2. The SMILES string of the molecule is CCCCCN1CCn2cc(C(=O)NCc3c(F)cc(F)cc3F)c(=O)c(O)c2C1=O. The zero-order chi connectivity index (χ0) is 22.7. The first-order valence-electron chi connectivity index (χ1n) is 9.91. The van der Waals surface area contributed by atoms with E-state index < -0.39 is 58.1 Å². The van der Waals surface area contributed by atoms with Gasteiger partial charge in [-0.25, -0.2) is 13.2 Å². The molecule has 2 amide bonds. The largest absolute Gasteiger partial charge is 0.503 e. The number of aromatic hydroxyl groups is 1. The van der Waals surface area contributed by atoms with Crippen LogP contribution in [-0.4, -0.2) is 39.5 Å². The second-order valence-electron chi connectivity index (χ2n) is 7.29. The Kier molecular flexibility index (Phi) is 6.67. The molecule has 7 nitrogen and oxygen atoms in total. The Morgan fingerprint density at radius 3 is 2.45 bits per heavy atom. The van der Waals surface area contributed by atoms with Gasteiger partial charge in [-0.05, 0) is 6.42 Å². The topological polar surface area (TPSA) is 91.6 Å². The van der Waals surface area contributed by atoms with Gasteiger partial charge in [0.15, 0.2) is 11.4 Å². The van der Waals surface area contributed by atoms with Crippen LogP contribution in [0.3, 0.4) is 0 Å². The Morgan fingerprint density at radius 1 is 1.13 bits per heavy atom. The number of halogens is 3. The first-order chi connectivity index (χ1) is 14.7. The Labute approximate surface area is 176 Å². The summed E-state index contributed by atoms with van der Waals surface area (Å²) in [5.41, 5.74) is -2.31. The highest BCUT2D eigenvalue weighted by atomic mass is 19.1. The summed E-state index contributed by atoms with van der Waals surface area (Å²) in [4.78, 5) is 39.1. The maximum Gasteiger partial charge on any atom is 0.274 e. The second-order valence-corrected chi connectivity index (χ2v) is 7.29. The number of carbonyl (C=O) groups excluding carboxylic acids is 2. The molecule has 0 saturated carbocycles. The minimum absolute atomic E-state index is 0.195. The van der Waals surface area contributed by atoms with Crippen LogP contribution in [0.5, 0.6) is 5.75 Å². The molecule has 2 N–H and O–H groups in total. The summed E-state index contributed by atoms with van der Waals surface area (Å²) >= 11 is 0. The molecule has 1 aromatic carbocycles. The first-order valence-corrected chi connectivity index (χ1v) is 9.91. The van der Waals surface area contributed by atoms with Crippen molar-refractivity contribution in [2.45, 2.75) is 39.3 Å². The summed E-state index contributed by atoms with van der Waals surface area (Å²) in [5, 5.41) is 12.5. The van der Waals surface area contributed by atoms with Gasteiger partial charge in [0.25, 0.3) is 11.8 Å².